The van der Waals surface area contributed by atoms with E-state index >= 15 is 0 Å². The van der Waals surface area contributed by atoms with E-state index in [2.05, 4.69) is 0 Å². The van der Waals surface area contributed by atoms with Crippen LogP contribution in [0.4, 0.5) is 5.69 Å². The number of amides is 2. The topological polar surface area (TPSA) is 110 Å². The van der Waals surface area contributed by atoms with E-state index in [9.17, 15) is 19.7 Å². The number of hydrogen-bond donors (Lipinski definition) is 1. The molecule has 1 aromatic rings. The van der Waals surface area contributed by atoms with Crippen LogP contribution < -0.4 is 5.73 Å². The Labute approximate surface area is 157 Å². The van der Waals surface area contributed by atoms with Gasteiger partial charge in [-0.05, 0) is 25.0 Å². The Bertz CT molecular complexity index is 681. The minimum atomic E-state index is -0.732. The first-order valence-corrected chi connectivity index (χ1v) is 8.53. The molecule has 1 saturated carbocycles. The molecule has 1 heterocycles. The van der Waals surface area contributed by atoms with Crippen LogP contribution in [0.3, 0.4) is 0 Å². The SMILES string of the molecule is Cl.NC1(C(=O)N2CCN(C(=O)c3ccc([N+](=O)[O-])cc3)CC2)CCCC1. The molecule has 142 valence electrons. The summed E-state index contributed by atoms with van der Waals surface area (Å²) >= 11 is 0. The fourth-order valence-electron chi connectivity index (χ4n) is 3.56. The Kier molecular flexibility index (Phi) is 6.20. The van der Waals surface area contributed by atoms with Gasteiger partial charge in [-0.3, -0.25) is 19.7 Å². The maximum absolute atomic E-state index is 12.6. The molecule has 0 radical (unpaired) electrons. The largest absolute Gasteiger partial charge is 0.338 e. The van der Waals surface area contributed by atoms with Gasteiger partial charge in [-0.25, -0.2) is 0 Å². The molecule has 2 fully saturated rings. The molecule has 2 amide bonds. The third-order valence-electron chi connectivity index (χ3n) is 5.10. The molecular formula is C17H23ClN4O4. The predicted molar refractivity (Wildman–Crippen MR) is 98.2 cm³/mol. The lowest BCUT2D eigenvalue weighted by Crippen LogP contribution is -2.59. The summed E-state index contributed by atoms with van der Waals surface area (Å²) in [5.74, 6) is -0.183. The molecule has 0 unspecified atom stereocenters. The normalized spacial score (nSPS) is 19.0. The lowest BCUT2D eigenvalue weighted by Gasteiger charge is -2.38. The second kappa shape index (κ2) is 8.01. The lowest BCUT2D eigenvalue weighted by atomic mass is 9.97. The number of nitrogens with zero attached hydrogens (tertiary/aromatic N) is 3. The van der Waals surface area contributed by atoms with Crippen LogP contribution in [0.2, 0.25) is 0 Å². The first-order valence-electron chi connectivity index (χ1n) is 8.53. The van der Waals surface area contributed by atoms with Crippen LogP contribution in [0.25, 0.3) is 0 Å². The molecule has 2 N–H and O–H groups in total. The molecule has 0 bridgehead atoms. The molecule has 9 heteroatoms. The second-order valence-electron chi connectivity index (χ2n) is 6.75. The summed E-state index contributed by atoms with van der Waals surface area (Å²) in [6.45, 7) is 1.82. The molecule has 1 saturated heterocycles. The van der Waals surface area contributed by atoms with Crippen LogP contribution in [-0.4, -0.2) is 58.3 Å². The summed E-state index contributed by atoms with van der Waals surface area (Å²) in [5, 5.41) is 10.7. The average Bonchev–Trinajstić information content (AvgIpc) is 3.08. The zero-order valence-corrected chi connectivity index (χ0v) is 15.2. The molecular weight excluding hydrogens is 360 g/mol. The van der Waals surface area contributed by atoms with E-state index in [1.165, 1.54) is 24.3 Å². The van der Waals surface area contributed by atoms with Crippen LogP contribution in [0.1, 0.15) is 36.0 Å². The van der Waals surface area contributed by atoms with Crippen molar-refractivity contribution in [3.8, 4) is 0 Å². The van der Waals surface area contributed by atoms with Gasteiger partial charge in [0.1, 0.15) is 0 Å². The smallest absolute Gasteiger partial charge is 0.269 e. The van der Waals surface area contributed by atoms with E-state index in [-0.39, 0.29) is 29.9 Å². The monoisotopic (exact) mass is 382 g/mol. The van der Waals surface area contributed by atoms with Gasteiger partial charge in [0, 0.05) is 43.9 Å². The molecule has 0 atom stereocenters. The van der Waals surface area contributed by atoms with Crippen LogP contribution in [0.15, 0.2) is 24.3 Å². The van der Waals surface area contributed by atoms with Crippen LogP contribution >= 0.6 is 12.4 Å². The highest BCUT2D eigenvalue weighted by Gasteiger charge is 2.40. The minimum absolute atomic E-state index is 0. The van der Waals surface area contributed by atoms with Gasteiger partial charge in [0.15, 0.2) is 0 Å². The lowest BCUT2D eigenvalue weighted by molar-refractivity contribution is -0.384. The molecule has 0 aromatic heterocycles. The summed E-state index contributed by atoms with van der Waals surface area (Å²) in [4.78, 5) is 38.7. The Morgan fingerprint density at radius 1 is 1.00 bits per heavy atom. The molecule has 26 heavy (non-hydrogen) atoms. The average molecular weight is 383 g/mol. The van der Waals surface area contributed by atoms with Gasteiger partial charge in [0.25, 0.3) is 11.6 Å². The molecule has 0 spiro atoms. The predicted octanol–water partition coefficient (Wildman–Crippen LogP) is 1.57. The van der Waals surface area contributed by atoms with Gasteiger partial charge in [0.05, 0.1) is 10.5 Å². The number of hydrogen-bond acceptors (Lipinski definition) is 5. The summed E-state index contributed by atoms with van der Waals surface area (Å²) in [7, 11) is 0. The number of carbonyl (C=O) groups excluding carboxylic acids is 2. The molecule has 1 aliphatic heterocycles. The molecule has 1 aliphatic carbocycles. The fraction of sp³-hybridized carbons (Fsp3) is 0.529. The van der Waals surface area contributed by atoms with Crippen LogP contribution in [-0.2, 0) is 4.79 Å². The number of halogens is 1. The molecule has 2 aliphatic rings. The van der Waals surface area contributed by atoms with Crippen molar-refractivity contribution >= 4 is 29.9 Å². The van der Waals surface area contributed by atoms with Crippen molar-refractivity contribution in [1.29, 1.82) is 0 Å². The van der Waals surface area contributed by atoms with E-state index in [0.29, 0.717) is 31.7 Å². The van der Waals surface area contributed by atoms with Crippen molar-refractivity contribution in [3.05, 3.63) is 39.9 Å². The van der Waals surface area contributed by atoms with Crippen molar-refractivity contribution in [2.24, 2.45) is 5.73 Å². The van der Waals surface area contributed by atoms with Crippen molar-refractivity contribution in [2.75, 3.05) is 26.2 Å². The maximum Gasteiger partial charge on any atom is 0.269 e. The molecule has 8 nitrogen and oxygen atoms in total. The Balaban J connectivity index is 0.00000243. The Morgan fingerprint density at radius 3 is 2.00 bits per heavy atom. The van der Waals surface area contributed by atoms with Crippen molar-refractivity contribution in [2.45, 2.75) is 31.2 Å². The number of carbonyl (C=O) groups is 2. The van der Waals surface area contributed by atoms with Crippen LogP contribution in [0, 0.1) is 10.1 Å². The highest BCUT2D eigenvalue weighted by molar-refractivity contribution is 5.94. The minimum Gasteiger partial charge on any atom is -0.338 e. The first kappa shape index (κ1) is 20.1. The fourth-order valence-corrected chi connectivity index (χ4v) is 3.56. The van der Waals surface area contributed by atoms with E-state index in [0.717, 1.165) is 25.7 Å². The summed E-state index contributed by atoms with van der Waals surface area (Å²) in [6.07, 6.45) is 3.43. The van der Waals surface area contributed by atoms with E-state index < -0.39 is 10.5 Å². The molecule has 1 aromatic carbocycles. The van der Waals surface area contributed by atoms with Gasteiger partial charge in [-0.15, -0.1) is 12.4 Å². The number of non-ortho nitro benzene ring substituents is 1. The Morgan fingerprint density at radius 2 is 1.50 bits per heavy atom. The summed E-state index contributed by atoms with van der Waals surface area (Å²) < 4.78 is 0. The number of benzene rings is 1. The third-order valence-corrected chi connectivity index (χ3v) is 5.10. The Hall–Kier alpha value is -2.19. The number of rotatable bonds is 3. The van der Waals surface area contributed by atoms with Gasteiger partial charge in [-0.2, -0.15) is 0 Å². The molecule has 3 rings (SSSR count). The zero-order valence-electron chi connectivity index (χ0n) is 14.4. The van der Waals surface area contributed by atoms with Gasteiger partial charge in [0.2, 0.25) is 5.91 Å². The van der Waals surface area contributed by atoms with Crippen molar-refractivity contribution in [3.63, 3.8) is 0 Å². The van der Waals surface area contributed by atoms with E-state index in [4.69, 9.17) is 5.73 Å². The summed E-state index contributed by atoms with van der Waals surface area (Å²) in [5.41, 5.74) is 5.87. The summed E-state index contributed by atoms with van der Waals surface area (Å²) in [6, 6.07) is 5.58. The van der Waals surface area contributed by atoms with E-state index in [1.54, 1.807) is 9.80 Å². The third kappa shape index (κ3) is 3.96. The maximum atomic E-state index is 12.6. The highest BCUT2D eigenvalue weighted by Crippen LogP contribution is 2.29. The quantitative estimate of drug-likeness (QED) is 0.630. The second-order valence-corrected chi connectivity index (χ2v) is 6.75. The first-order chi connectivity index (χ1) is 11.9. The number of piperazine rings is 1. The standard InChI is InChI=1S/C17H22N4O4.ClH/c18-17(7-1-2-8-17)16(23)20-11-9-19(10-12-20)15(22)13-3-5-14(6-4-13)21(24)25;/h3-6H,1-2,7-12,18H2;1H. The van der Waals surface area contributed by atoms with Gasteiger partial charge in [-0.1, -0.05) is 12.8 Å². The van der Waals surface area contributed by atoms with Crippen LogP contribution in [0.5, 0.6) is 0 Å². The number of nitrogens with two attached hydrogens (primary N) is 1. The van der Waals surface area contributed by atoms with Gasteiger partial charge < -0.3 is 15.5 Å². The zero-order chi connectivity index (χ0) is 18.0. The number of nitro groups is 1. The van der Waals surface area contributed by atoms with Crippen molar-refractivity contribution < 1.29 is 14.5 Å². The highest BCUT2D eigenvalue weighted by atomic mass is 35.5. The van der Waals surface area contributed by atoms with Gasteiger partial charge >= 0.3 is 0 Å². The van der Waals surface area contributed by atoms with E-state index in [1.807, 2.05) is 0 Å². The number of nitro benzene ring substituents is 1. The van der Waals surface area contributed by atoms with Crippen molar-refractivity contribution in [1.82, 2.24) is 9.80 Å².